The van der Waals surface area contributed by atoms with Crippen molar-refractivity contribution in [1.29, 1.82) is 0 Å². The molecule has 102 valence electrons. The normalized spacial score (nSPS) is 24.0. The Morgan fingerprint density at radius 3 is 3.16 bits per heavy atom. The van der Waals surface area contributed by atoms with Gasteiger partial charge in [-0.15, -0.1) is 0 Å². The van der Waals surface area contributed by atoms with Gasteiger partial charge in [-0.1, -0.05) is 11.3 Å². The zero-order valence-electron chi connectivity index (χ0n) is 10.7. The number of benzene rings is 1. The number of fused-ring (bicyclic) bond motifs is 1. The molecule has 0 spiro atoms. The van der Waals surface area contributed by atoms with Crippen molar-refractivity contribution >= 4 is 32.4 Å². The fourth-order valence-electron chi connectivity index (χ4n) is 2.37. The first-order chi connectivity index (χ1) is 9.15. The number of aliphatic hydroxyl groups is 1. The molecule has 0 saturated carbocycles. The molecule has 2 aromatic rings. The topological polar surface area (TPSA) is 71.6 Å². The van der Waals surface area contributed by atoms with Gasteiger partial charge in [0.25, 0.3) is 0 Å². The van der Waals surface area contributed by atoms with Crippen LogP contribution in [0.5, 0.6) is 0 Å². The second-order valence-electron chi connectivity index (χ2n) is 4.88. The Morgan fingerprint density at radius 1 is 1.53 bits per heavy atom. The number of nitrogens with two attached hydrogens (primary N) is 1. The summed E-state index contributed by atoms with van der Waals surface area (Å²) < 4.78 is 6.74. The maximum atomic E-state index is 9.26. The number of hydrogen-bond acceptors (Lipinski definition) is 6. The van der Waals surface area contributed by atoms with E-state index in [-0.39, 0.29) is 18.8 Å². The lowest BCUT2D eigenvalue weighted by atomic mass is 10.2. The van der Waals surface area contributed by atoms with Crippen LogP contribution in [0.1, 0.15) is 6.92 Å². The van der Waals surface area contributed by atoms with Crippen molar-refractivity contribution in [3.63, 3.8) is 0 Å². The van der Waals surface area contributed by atoms with Crippen molar-refractivity contribution in [2.24, 2.45) is 0 Å². The number of anilines is 2. The van der Waals surface area contributed by atoms with E-state index < -0.39 is 0 Å². The van der Waals surface area contributed by atoms with Gasteiger partial charge in [0.2, 0.25) is 0 Å². The minimum Gasteiger partial charge on any atom is -0.399 e. The van der Waals surface area contributed by atoms with E-state index in [9.17, 15) is 5.11 Å². The van der Waals surface area contributed by atoms with E-state index in [4.69, 9.17) is 10.5 Å². The molecule has 0 aliphatic carbocycles. The number of nitrogen functional groups attached to an aromatic ring is 1. The van der Waals surface area contributed by atoms with Crippen molar-refractivity contribution in [2.75, 3.05) is 30.3 Å². The molecule has 1 aliphatic rings. The molecule has 19 heavy (non-hydrogen) atoms. The van der Waals surface area contributed by atoms with Gasteiger partial charge < -0.3 is 20.5 Å². The number of morpholine rings is 1. The third kappa shape index (κ3) is 2.51. The summed E-state index contributed by atoms with van der Waals surface area (Å²) in [7, 11) is 0. The predicted molar refractivity (Wildman–Crippen MR) is 77.7 cm³/mol. The van der Waals surface area contributed by atoms with E-state index in [0.717, 1.165) is 27.6 Å². The van der Waals surface area contributed by atoms with Gasteiger partial charge in [0, 0.05) is 18.8 Å². The van der Waals surface area contributed by atoms with Gasteiger partial charge in [0.1, 0.15) is 0 Å². The lowest BCUT2D eigenvalue weighted by Gasteiger charge is -2.35. The molecule has 2 heterocycles. The average molecular weight is 279 g/mol. The second kappa shape index (κ2) is 4.96. The van der Waals surface area contributed by atoms with Crippen LogP contribution in [0.3, 0.4) is 0 Å². The fraction of sp³-hybridized carbons (Fsp3) is 0.462. The summed E-state index contributed by atoms with van der Waals surface area (Å²) in [6, 6.07) is 5.76. The van der Waals surface area contributed by atoms with Gasteiger partial charge in [0.05, 0.1) is 29.0 Å². The lowest BCUT2D eigenvalue weighted by molar-refractivity contribution is -0.0421. The van der Waals surface area contributed by atoms with Gasteiger partial charge in [-0.3, -0.25) is 0 Å². The van der Waals surface area contributed by atoms with Crippen LogP contribution in [-0.4, -0.2) is 42.0 Å². The Balaban J connectivity index is 1.90. The van der Waals surface area contributed by atoms with Crippen molar-refractivity contribution in [3.8, 4) is 0 Å². The molecule has 3 rings (SSSR count). The van der Waals surface area contributed by atoms with E-state index in [2.05, 4.69) is 9.88 Å². The Bertz CT molecular complexity index is 586. The Labute approximate surface area is 115 Å². The largest absolute Gasteiger partial charge is 0.399 e. The Kier molecular flexibility index (Phi) is 3.30. The van der Waals surface area contributed by atoms with E-state index in [1.807, 2.05) is 25.1 Å². The summed E-state index contributed by atoms with van der Waals surface area (Å²) in [5, 5.41) is 10.2. The number of hydrogen-bond donors (Lipinski definition) is 2. The van der Waals surface area contributed by atoms with Crippen LogP contribution in [0, 0.1) is 0 Å². The second-order valence-corrected chi connectivity index (χ2v) is 5.89. The van der Waals surface area contributed by atoms with Crippen LogP contribution in [0.4, 0.5) is 10.8 Å². The predicted octanol–water partition coefficient (Wildman–Crippen LogP) is 1.46. The molecule has 0 amide bonds. The summed E-state index contributed by atoms with van der Waals surface area (Å²) in [4.78, 5) is 6.81. The molecule has 3 N–H and O–H groups in total. The summed E-state index contributed by atoms with van der Waals surface area (Å²) in [6.45, 7) is 3.53. The van der Waals surface area contributed by atoms with Crippen molar-refractivity contribution in [1.82, 2.24) is 4.98 Å². The minimum absolute atomic E-state index is 0.0404. The summed E-state index contributed by atoms with van der Waals surface area (Å²) in [6.07, 6.45) is -0.0381. The molecule has 2 atom stereocenters. The highest BCUT2D eigenvalue weighted by atomic mass is 32.1. The zero-order chi connectivity index (χ0) is 13.4. The molecule has 5 nitrogen and oxygen atoms in total. The van der Waals surface area contributed by atoms with E-state index >= 15 is 0 Å². The molecular formula is C13H17N3O2S. The summed E-state index contributed by atoms with van der Waals surface area (Å²) in [5.41, 5.74) is 7.51. The molecule has 6 heteroatoms. The summed E-state index contributed by atoms with van der Waals surface area (Å²) >= 11 is 1.63. The Morgan fingerprint density at radius 2 is 2.37 bits per heavy atom. The third-order valence-corrected chi connectivity index (χ3v) is 4.28. The number of rotatable bonds is 2. The van der Waals surface area contributed by atoms with Gasteiger partial charge in [-0.05, 0) is 25.1 Å². The highest BCUT2D eigenvalue weighted by molar-refractivity contribution is 7.22. The van der Waals surface area contributed by atoms with Gasteiger partial charge in [0.15, 0.2) is 5.13 Å². The molecule has 1 aliphatic heterocycles. The third-order valence-electron chi connectivity index (χ3n) is 3.20. The highest BCUT2D eigenvalue weighted by Crippen LogP contribution is 2.31. The van der Waals surface area contributed by atoms with Crippen LogP contribution in [0.15, 0.2) is 18.2 Å². The zero-order valence-corrected chi connectivity index (χ0v) is 11.6. The van der Waals surface area contributed by atoms with Crippen LogP contribution < -0.4 is 10.6 Å². The van der Waals surface area contributed by atoms with Crippen LogP contribution >= 0.6 is 11.3 Å². The Hall–Kier alpha value is -1.37. The highest BCUT2D eigenvalue weighted by Gasteiger charge is 2.26. The average Bonchev–Trinajstić information content (AvgIpc) is 2.80. The van der Waals surface area contributed by atoms with Crippen LogP contribution in [0.2, 0.25) is 0 Å². The molecule has 2 unspecified atom stereocenters. The van der Waals surface area contributed by atoms with Crippen molar-refractivity contribution < 1.29 is 9.84 Å². The van der Waals surface area contributed by atoms with E-state index in [0.29, 0.717) is 6.54 Å². The molecule has 1 aromatic carbocycles. The quantitative estimate of drug-likeness (QED) is 0.814. The molecule has 1 aromatic heterocycles. The van der Waals surface area contributed by atoms with E-state index in [1.54, 1.807) is 11.3 Å². The first kappa shape index (κ1) is 12.7. The van der Waals surface area contributed by atoms with Crippen LogP contribution in [0.25, 0.3) is 10.2 Å². The van der Waals surface area contributed by atoms with Gasteiger partial charge >= 0.3 is 0 Å². The number of aromatic nitrogens is 1. The minimum atomic E-state index is -0.138. The monoisotopic (exact) mass is 279 g/mol. The van der Waals surface area contributed by atoms with Gasteiger partial charge in [-0.25, -0.2) is 4.98 Å². The smallest absolute Gasteiger partial charge is 0.186 e. The van der Waals surface area contributed by atoms with E-state index in [1.165, 1.54) is 0 Å². The molecule has 1 fully saturated rings. The van der Waals surface area contributed by atoms with Crippen molar-refractivity contribution in [2.45, 2.75) is 19.1 Å². The molecule has 1 saturated heterocycles. The molecule has 0 radical (unpaired) electrons. The fourth-order valence-corrected chi connectivity index (χ4v) is 3.40. The maximum absolute atomic E-state index is 9.26. The number of thiazole rings is 1. The van der Waals surface area contributed by atoms with Gasteiger partial charge in [-0.2, -0.15) is 0 Å². The number of ether oxygens (including phenoxy) is 1. The van der Waals surface area contributed by atoms with Crippen molar-refractivity contribution in [3.05, 3.63) is 18.2 Å². The summed E-state index contributed by atoms with van der Waals surface area (Å²) in [5.74, 6) is 0. The lowest BCUT2D eigenvalue weighted by Crippen LogP contribution is -2.48. The number of aliphatic hydroxyl groups excluding tert-OH is 1. The molecular weight excluding hydrogens is 262 g/mol. The first-order valence-electron chi connectivity index (χ1n) is 6.33. The molecule has 0 bridgehead atoms. The first-order valence-corrected chi connectivity index (χ1v) is 7.14. The standard InChI is InChI=1S/C13H17N3O2S/c1-8-5-16(6-10(7-17)18-8)13-15-11-3-2-9(14)4-12(11)19-13/h2-4,8,10,17H,5-7,14H2,1H3. The van der Waals surface area contributed by atoms with Crippen LogP contribution in [-0.2, 0) is 4.74 Å². The SMILES string of the molecule is CC1CN(c2nc3ccc(N)cc3s2)CC(CO)O1. The number of nitrogens with zero attached hydrogens (tertiary/aromatic N) is 2. The maximum Gasteiger partial charge on any atom is 0.186 e.